The molecule has 1 amide bonds. The van der Waals surface area contributed by atoms with Crippen molar-refractivity contribution in [3.63, 3.8) is 0 Å². The van der Waals surface area contributed by atoms with Gasteiger partial charge in [-0.1, -0.05) is 18.2 Å². The van der Waals surface area contributed by atoms with Gasteiger partial charge in [-0.05, 0) is 32.4 Å². The third-order valence-corrected chi connectivity index (χ3v) is 3.87. The number of rotatable bonds is 4. The molecule has 0 radical (unpaired) electrons. The average Bonchev–Trinajstić information content (AvgIpc) is 2.46. The summed E-state index contributed by atoms with van der Waals surface area (Å²) in [4.78, 5) is 14.6. The second kappa shape index (κ2) is 7.02. The Bertz CT molecular complexity index is 482. The van der Waals surface area contributed by atoms with Gasteiger partial charge in [0, 0.05) is 25.3 Å². The van der Waals surface area contributed by atoms with Gasteiger partial charge in [0.25, 0.3) is 0 Å². The van der Waals surface area contributed by atoms with E-state index in [0.717, 1.165) is 24.3 Å². The van der Waals surface area contributed by atoms with Crippen molar-refractivity contribution in [2.24, 2.45) is 5.73 Å². The molecule has 1 saturated heterocycles. The van der Waals surface area contributed by atoms with E-state index in [1.54, 1.807) is 0 Å². The molecule has 21 heavy (non-hydrogen) atoms. The number of anilines is 1. The summed E-state index contributed by atoms with van der Waals surface area (Å²) in [6.45, 7) is 7.98. The number of ether oxygens (including phenoxy) is 1. The van der Waals surface area contributed by atoms with Gasteiger partial charge in [0.05, 0.1) is 18.2 Å². The van der Waals surface area contributed by atoms with E-state index in [4.69, 9.17) is 10.5 Å². The highest BCUT2D eigenvalue weighted by atomic mass is 16.5. The van der Waals surface area contributed by atoms with Crippen LogP contribution in [0.4, 0.5) is 5.69 Å². The Kier molecular flexibility index (Phi) is 5.33. The van der Waals surface area contributed by atoms with Gasteiger partial charge < -0.3 is 15.8 Å². The number of carbonyl (C=O) groups excluding carboxylic acids is 1. The summed E-state index contributed by atoms with van der Waals surface area (Å²) in [5.41, 5.74) is 7.45. The number of hydrogen-bond donors (Lipinski definition) is 2. The molecule has 0 spiro atoms. The monoisotopic (exact) mass is 291 g/mol. The zero-order chi connectivity index (χ0) is 15.4. The van der Waals surface area contributed by atoms with E-state index in [1.165, 1.54) is 0 Å². The summed E-state index contributed by atoms with van der Waals surface area (Å²) in [5, 5.41) is 2.99. The van der Waals surface area contributed by atoms with Crippen molar-refractivity contribution < 1.29 is 9.53 Å². The van der Waals surface area contributed by atoms with Crippen molar-refractivity contribution in [2.45, 2.75) is 45.6 Å². The lowest BCUT2D eigenvalue weighted by Crippen LogP contribution is -2.52. The third-order valence-electron chi connectivity index (χ3n) is 3.87. The molecule has 1 aromatic rings. The minimum absolute atomic E-state index is 0.00259. The first-order valence-electron chi connectivity index (χ1n) is 7.49. The molecule has 0 saturated carbocycles. The lowest BCUT2D eigenvalue weighted by molar-refractivity contribution is -0.126. The largest absolute Gasteiger partial charge is 0.373 e. The Labute approximate surface area is 126 Å². The molecule has 5 heteroatoms. The molecule has 1 aliphatic rings. The predicted molar refractivity (Wildman–Crippen MR) is 84.0 cm³/mol. The van der Waals surface area contributed by atoms with Crippen molar-refractivity contribution in [3.8, 4) is 0 Å². The smallest absolute Gasteiger partial charge is 0.241 e. The van der Waals surface area contributed by atoms with Crippen molar-refractivity contribution in [1.29, 1.82) is 0 Å². The van der Waals surface area contributed by atoms with Crippen molar-refractivity contribution in [3.05, 3.63) is 29.8 Å². The molecule has 3 N–H and O–H groups in total. The maximum Gasteiger partial charge on any atom is 0.241 e. The van der Waals surface area contributed by atoms with Crippen LogP contribution in [0.3, 0.4) is 0 Å². The van der Waals surface area contributed by atoms with E-state index in [1.807, 2.05) is 45.0 Å². The third kappa shape index (κ3) is 4.03. The van der Waals surface area contributed by atoms with E-state index in [9.17, 15) is 4.79 Å². The fourth-order valence-corrected chi connectivity index (χ4v) is 2.76. The summed E-state index contributed by atoms with van der Waals surface area (Å²) in [5.74, 6) is -0.00259. The molecule has 1 aliphatic heterocycles. The Morgan fingerprint density at radius 3 is 2.62 bits per heavy atom. The molecule has 2 rings (SSSR count). The highest BCUT2D eigenvalue weighted by Gasteiger charge is 2.29. The standard InChI is InChI=1S/C16H25N3O2/c1-11-9-19(10-12(2)21-11)13(3)16(20)18-15-7-5-4-6-14(15)8-17/h4-7,11-13H,8-10,17H2,1-3H3,(H,18,20)/t11-,12+,13?. The number of hydrogen-bond acceptors (Lipinski definition) is 4. The first kappa shape index (κ1) is 15.9. The molecule has 1 heterocycles. The zero-order valence-corrected chi connectivity index (χ0v) is 13.0. The number of para-hydroxylation sites is 1. The van der Waals surface area contributed by atoms with Crippen LogP contribution < -0.4 is 11.1 Å². The van der Waals surface area contributed by atoms with Gasteiger partial charge in [0.15, 0.2) is 0 Å². The molecule has 0 aromatic heterocycles. The fraction of sp³-hybridized carbons (Fsp3) is 0.562. The number of nitrogens with one attached hydrogen (secondary N) is 1. The van der Waals surface area contributed by atoms with Crippen molar-refractivity contribution >= 4 is 11.6 Å². The van der Waals surface area contributed by atoms with Crippen LogP contribution in [0.1, 0.15) is 26.3 Å². The van der Waals surface area contributed by atoms with Crippen LogP contribution >= 0.6 is 0 Å². The van der Waals surface area contributed by atoms with Crippen LogP contribution in [0.2, 0.25) is 0 Å². The van der Waals surface area contributed by atoms with Gasteiger partial charge in [0.2, 0.25) is 5.91 Å². The SMILES string of the molecule is CC(C(=O)Nc1ccccc1CN)N1C[C@@H](C)O[C@@H](C)C1. The van der Waals surface area contributed by atoms with Gasteiger partial charge in [-0.2, -0.15) is 0 Å². The zero-order valence-electron chi connectivity index (χ0n) is 13.0. The quantitative estimate of drug-likeness (QED) is 0.884. The highest BCUT2D eigenvalue weighted by molar-refractivity contribution is 5.95. The number of benzene rings is 1. The van der Waals surface area contributed by atoms with Crippen LogP contribution in [-0.2, 0) is 16.1 Å². The Morgan fingerprint density at radius 1 is 1.38 bits per heavy atom. The summed E-state index contributed by atoms with van der Waals surface area (Å²) < 4.78 is 5.71. The van der Waals surface area contributed by atoms with Gasteiger partial charge in [-0.3, -0.25) is 9.69 Å². The second-order valence-electron chi connectivity index (χ2n) is 5.74. The van der Waals surface area contributed by atoms with Crippen LogP contribution in [0.15, 0.2) is 24.3 Å². The lowest BCUT2D eigenvalue weighted by Gasteiger charge is -2.38. The molecule has 1 unspecified atom stereocenters. The maximum atomic E-state index is 12.5. The van der Waals surface area contributed by atoms with Crippen LogP contribution in [-0.4, -0.2) is 42.1 Å². The second-order valence-corrected chi connectivity index (χ2v) is 5.74. The van der Waals surface area contributed by atoms with E-state index < -0.39 is 0 Å². The van der Waals surface area contributed by atoms with Crippen LogP contribution in [0.5, 0.6) is 0 Å². The first-order valence-corrected chi connectivity index (χ1v) is 7.49. The van der Waals surface area contributed by atoms with E-state index in [-0.39, 0.29) is 24.2 Å². The molecule has 3 atom stereocenters. The first-order chi connectivity index (χ1) is 10.0. The summed E-state index contributed by atoms with van der Waals surface area (Å²) in [7, 11) is 0. The molecular weight excluding hydrogens is 266 g/mol. The van der Waals surface area contributed by atoms with Crippen molar-refractivity contribution in [1.82, 2.24) is 4.90 Å². The van der Waals surface area contributed by atoms with Gasteiger partial charge in [-0.25, -0.2) is 0 Å². The van der Waals surface area contributed by atoms with E-state index >= 15 is 0 Å². The van der Waals surface area contributed by atoms with E-state index in [0.29, 0.717) is 6.54 Å². The normalized spacial score (nSPS) is 24.6. The number of nitrogens with zero attached hydrogens (tertiary/aromatic N) is 1. The molecular formula is C16H25N3O2. The molecule has 0 aliphatic carbocycles. The Balaban J connectivity index is 2.02. The lowest BCUT2D eigenvalue weighted by atomic mass is 10.1. The molecule has 5 nitrogen and oxygen atoms in total. The van der Waals surface area contributed by atoms with E-state index in [2.05, 4.69) is 10.2 Å². The van der Waals surface area contributed by atoms with Gasteiger partial charge >= 0.3 is 0 Å². The van der Waals surface area contributed by atoms with Crippen LogP contribution in [0, 0.1) is 0 Å². The summed E-state index contributed by atoms with van der Waals surface area (Å²) in [6, 6.07) is 7.45. The minimum Gasteiger partial charge on any atom is -0.373 e. The number of amides is 1. The molecule has 1 aromatic carbocycles. The predicted octanol–water partition coefficient (Wildman–Crippen LogP) is 1.58. The Morgan fingerprint density at radius 2 is 2.00 bits per heavy atom. The highest BCUT2D eigenvalue weighted by Crippen LogP contribution is 2.17. The average molecular weight is 291 g/mol. The van der Waals surface area contributed by atoms with Gasteiger partial charge in [-0.15, -0.1) is 0 Å². The Hall–Kier alpha value is -1.43. The molecule has 0 bridgehead atoms. The summed E-state index contributed by atoms with van der Waals surface area (Å²) >= 11 is 0. The number of morpholine rings is 1. The molecule has 1 fully saturated rings. The minimum atomic E-state index is -0.190. The van der Waals surface area contributed by atoms with Gasteiger partial charge in [0.1, 0.15) is 0 Å². The topological polar surface area (TPSA) is 67.6 Å². The van der Waals surface area contributed by atoms with Crippen molar-refractivity contribution in [2.75, 3.05) is 18.4 Å². The maximum absolute atomic E-state index is 12.5. The van der Waals surface area contributed by atoms with Crippen LogP contribution in [0.25, 0.3) is 0 Å². The fourth-order valence-electron chi connectivity index (χ4n) is 2.76. The number of nitrogens with two attached hydrogens (primary N) is 1. The molecule has 116 valence electrons. The number of carbonyl (C=O) groups is 1. The summed E-state index contributed by atoms with van der Waals surface area (Å²) in [6.07, 6.45) is 0.306.